The van der Waals surface area contributed by atoms with Crippen LogP contribution in [0.15, 0.2) is 23.1 Å². The molecule has 88 valence electrons. The van der Waals surface area contributed by atoms with Crippen LogP contribution in [0.4, 0.5) is 5.69 Å². The minimum atomic E-state index is -0.761. The van der Waals surface area contributed by atoms with Crippen molar-refractivity contribution in [3.63, 3.8) is 0 Å². The predicted octanol–water partition coefficient (Wildman–Crippen LogP) is 3.27. The lowest BCUT2D eigenvalue weighted by molar-refractivity contribution is -0.137. The number of thioether (sulfide) groups is 1. The number of nitrogens with two attached hydrogens (primary N) is 1. The van der Waals surface area contributed by atoms with E-state index in [9.17, 15) is 4.79 Å². The summed E-state index contributed by atoms with van der Waals surface area (Å²) in [5.74, 6) is -0.761. The van der Waals surface area contributed by atoms with Gasteiger partial charge in [-0.25, -0.2) is 0 Å². The second-order valence-electron chi connectivity index (χ2n) is 3.54. The van der Waals surface area contributed by atoms with Crippen LogP contribution in [0.2, 0.25) is 5.02 Å². The number of rotatable bonds is 5. The third-order valence-corrected chi connectivity index (χ3v) is 3.57. The van der Waals surface area contributed by atoms with Gasteiger partial charge in [0.15, 0.2) is 0 Å². The Balaban J connectivity index is 2.52. The van der Waals surface area contributed by atoms with Gasteiger partial charge in [0.05, 0.1) is 10.7 Å². The van der Waals surface area contributed by atoms with Crippen LogP contribution in [0.5, 0.6) is 0 Å². The molecule has 0 aliphatic carbocycles. The van der Waals surface area contributed by atoms with Gasteiger partial charge >= 0.3 is 5.97 Å². The first-order valence-electron chi connectivity index (χ1n) is 4.92. The zero-order valence-electron chi connectivity index (χ0n) is 8.94. The topological polar surface area (TPSA) is 63.3 Å². The van der Waals surface area contributed by atoms with Gasteiger partial charge in [-0.3, -0.25) is 4.79 Å². The maximum absolute atomic E-state index is 10.4. The summed E-state index contributed by atoms with van der Waals surface area (Å²) < 4.78 is 0. The van der Waals surface area contributed by atoms with Crippen molar-refractivity contribution in [3.8, 4) is 0 Å². The van der Waals surface area contributed by atoms with Crippen LogP contribution in [0, 0.1) is 0 Å². The summed E-state index contributed by atoms with van der Waals surface area (Å²) >= 11 is 7.50. The van der Waals surface area contributed by atoms with Gasteiger partial charge in [-0.05, 0) is 24.6 Å². The fourth-order valence-corrected chi connectivity index (χ4v) is 2.48. The molecule has 0 spiro atoms. The van der Waals surface area contributed by atoms with Gasteiger partial charge in [-0.15, -0.1) is 11.8 Å². The number of carboxylic acid groups (broad SMARTS) is 1. The molecule has 3 nitrogen and oxygen atoms in total. The van der Waals surface area contributed by atoms with Crippen LogP contribution in [0.25, 0.3) is 0 Å². The summed E-state index contributed by atoms with van der Waals surface area (Å²) in [6.45, 7) is 2.00. The van der Waals surface area contributed by atoms with Crippen LogP contribution in [0.3, 0.4) is 0 Å². The summed E-state index contributed by atoms with van der Waals surface area (Å²) in [5.41, 5.74) is 6.16. The zero-order chi connectivity index (χ0) is 12.1. The highest BCUT2D eigenvalue weighted by Gasteiger charge is 2.08. The third-order valence-electron chi connectivity index (χ3n) is 2.07. The summed E-state index contributed by atoms with van der Waals surface area (Å²) in [4.78, 5) is 11.4. The van der Waals surface area contributed by atoms with E-state index in [0.717, 1.165) is 4.90 Å². The summed E-state index contributed by atoms with van der Waals surface area (Å²) in [5, 5.41) is 9.35. The van der Waals surface area contributed by atoms with E-state index in [1.165, 1.54) is 0 Å². The molecule has 0 heterocycles. The molecule has 0 aliphatic rings. The number of nitrogen functional groups attached to an aromatic ring is 1. The molecule has 0 saturated carbocycles. The number of halogens is 1. The normalized spacial score (nSPS) is 12.4. The fraction of sp³-hybridized carbons (Fsp3) is 0.364. The van der Waals surface area contributed by atoms with Crippen molar-refractivity contribution >= 4 is 35.0 Å². The van der Waals surface area contributed by atoms with E-state index in [-0.39, 0.29) is 11.7 Å². The predicted molar refractivity (Wildman–Crippen MR) is 68.1 cm³/mol. The standard InChI is InChI=1S/C11H14ClNO2S/c1-7(2-5-11(14)15)16-8-3-4-10(13)9(12)6-8/h3-4,6-7H,2,5,13H2,1H3,(H,14,15). The first kappa shape index (κ1) is 13.2. The van der Waals surface area contributed by atoms with Crippen molar-refractivity contribution in [3.05, 3.63) is 23.2 Å². The second-order valence-corrected chi connectivity index (χ2v) is 5.46. The van der Waals surface area contributed by atoms with E-state index in [0.29, 0.717) is 17.1 Å². The number of aliphatic carboxylic acids is 1. The number of hydrogen-bond acceptors (Lipinski definition) is 3. The molecule has 0 fully saturated rings. The number of carboxylic acids is 1. The number of anilines is 1. The maximum atomic E-state index is 10.4. The Labute approximate surface area is 104 Å². The van der Waals surface area contributed by atoms with Gasteiger partial charge in [0.1, 0.15) is 0 Å². The highest BCUT2D eigenvalue weighted by molar-refractivity contribution is 7.99. The monoisotopic (exact) mass is 259 g/mol. The number of benzene rings is 1. The van der Waals surface area contributed by atoms with E-state index < -0.39 is 5.97 Å². The molecular formula is C11H14ClNO2S. The first-order valence-corrected chi connectivity index (χ1v) is 6.18. The minimum absolute atomic E-state index is 0.191. The molecule has 1 aromatic carbocycles. The maximum Gasteiger partial charge on any atom is 0.303 e. The Morgan fingerprint density at radius 1 is 1.62 bits per heavy atom. The van der Waals surface area contributed by atoms with Crippen LogP contribution >= 0.6 is 23.4 Å². The van der Waals surface area contributed by atoms with E-state index in [4.69, 9.17) is 22.4 Å². The largest absolute Gasteiger partial charge is 0.481 e. The van der Waals surface area contributed by atoms with Crippen LogP contribution in [-0.4, -0.2) is 16.3 Å². The first-order chi connectivity index (χ1) is 7.49. The number of hydrogen-bond donors (Lipinski definition) is 2. The Morgan fingerprint density at radius 2 is 2.31 bits per heavy atom. The van der Waals surface area contributed by atoms with Gasteiger partial charge in [0.2, 0.25) is 0 Å². The summed E-state index contributed by atoms with van der Waals surface area (Å²) in [6, 6.07) is 5.45. The lowest BCUT2D eigenvalue weighted by Gasteiger charge is -2.10. The SMILES string of the molecule is CC(CCC(=O)O)Sc1ccc(N)c(Cl)c1. The van der Waals surface area contributed by atoms with Gasteiger partial charge in [-0.2, -0.15) is 0 Å². The molecule has 16 heavy (non-hydrogen) atoms. The zero-order valence-corrected chi connectivity index (χ0v) is 10.5. The van der Waals surface area contributed by atoms with Crippen molar-refractivity contribution < 1.29 is 9.90 Å². The highest BCUT2D eigenvalue weighted by atomic mass is 35.5. The van der Waals surface area contributed by atoms with Crippen LogP contribution in [0.1, 0.15) is 19.8 Å². The van der Waals surface area contributed by atoms with E-state index in [1.807, 2.05) is 13.0 Å². The molecule has 0 aromatic heterocycles. The van der Waals surface area contributed by atoms with Gasteiger partial charge in [0, 0.05) is 16.6 Å². The molecule has 0 aliphatic heterocycles. The molecule has 3 N–H and O–H groups in total. The third kappa shape index (κ3) is 4.33. The molecule has 0 radical (unpaired) electrons. The molecule has 0 saturated heterocycles. The average molecular weight is 260 g/mol. The Hall–Kier alpha value is -0.870. The average Bonchev–Trinajstić information content (AvgIpc) is 2.21. The van der Waals surface area contributed by atoms with Crippen molar-refractivity contribution in [1.29, 1.82) is 0 Å². The Kier molecular flexibility index (Phi) is 4.96. The van der Waals surface area contributed by atoms with Crippen molar-refractivity contribution in [1.82, 2.24) is 0 Å². The van der Waals surface area contributed by atoms with Gasteiger partial charge < -0.3 is 10.8 Å². The lowest BCUT2D eigenvalue weighted by atomic mass is 10.2. The van der Waals surface area contributed by atoms with Crippen molar-refractivity contribution in [2.24, 2.45) is 0 Å². The van der Waals surface area contributed by atoms with Crippen molar-refractivity contribution in [2.45, 2.75) is 29.9 Å². The highest BCUT2D eigenvalue weighted by Crippen LogP contribution is 2.30. The van der Waals surface area contributed by atoms with E-state index >= 15 is 0 Å². The van der Waals surface area contributed by atoms with Crippen LogP contribution < -0.4 is 5.73 Å². The Morgan fingerprint density at radius 3 is 2.88 bits per heavy atom. The second kappa shape index (κ2) is 6.01. The summed E-state index contributed by atoms with van der Waals surface area (Å²) in [6.07, 6.45) is 0.832. The fourth-order valence-electron chi connectivity index (χ4n) is 1.20. The molecular weight excluding hydrogens is 246 g/mol. The van der Waals surface area contributed by atoms with Gasteiger partial charge in [0.25, 0.3) is 0 Å². The summed E-state index contributed by atoms with van der Waals surface area (Å²) in [7, 11) is 0. The van der Waals surface area contributed by atoms with E-state index in [1.54, 1.807) is 23.9 Å². The van der Waals surface area contributed by atoms with E-state index in [2.05, 4.69) is 0 Å². The molecule has 1 rings (SSSR count). The molecule has 5 heteroatoms. The quantitative estimate of drug-likeness (QED) is 0.629. The smallest absolute Gasteiger partial charge is 0.303 e. The van der Waals surface area contributed by atoms with Crippen LogP contribution in [-0.2, 0) is 4.79 Å². The van der Waals surface area contributed by atoms with Gasteiger partial charge in [-0.1, -0.05) is 18.5 Å². The molecule has 1 aromatic rings. The molecule has 0 bridgehead atoms. The molecule has 1 unspecified atom stereocenters. The van der Waals surface area contributed by atoms with Crippen molar-refractivity contribution in [2.75, 3.05) is 5.73 Å². The Bertz CT molecular complexity index is 384. The molecule has 0 amide bonds. The molecule has 1 atom stereocenters. The number of carbonyl (C=O) groups is 1. The lowest BCUT2D eigenvalue weighted by Crippen LogP contribution is -2.02. The minimum Gasteiger partial charge on any atom is -0.481 e.